The molecule has 0 unspecified atom stereocenters. The van der Waals surface area contributed by atoms with Crippen LogP contribution >= 0.6 is 11.6 Å². The van der Waals surface area contributed by atoms with E-state index in [1.54, 1.807) is 18.3 Å². The summed E-state index contributed by atoms with van der Waals surface area (Å²) >= 11 is 6.03. The van der Waals surface area contributed by atoms with Gasteiger partial charge in [-0.1, -0.05) is 29.8 Å². The number of amides is 1. The maximum absolute atomic E-state index is 12.6. The van der Waals surface area contributed by atoms with Crippen LogP contribution in [0.5, 0.6) is 0 Å². The first-order valence-electron chi connectivity index (χ1n) is 9.07. The number of aromatic amines is 1. The molecule has 4 rings (SSSR count). The number of ether oxygens (including phenoxy) is 1. The Morgan fingerprint density at radius 1 is 1.21 bits per heavy atom. The van der Waals surface area contributed by atoms with Crippen molar-refractivity contribution in [2.75, 3.05) is 31.2 Å². The zero-order valence-electron chi connectivity index (χ0n) is 15.2. The lowest BCUT2D eigenvalue weighted by Gasteiger charge is -2.29. The Labute approximate surface area is 167 Å². The van der Waals surface area contributed by atoms with Crippen molar-refractivity contribution in [3.05, 3.63) is 64.9 Å². The van der Waals surface area contributed by atoms with Crippen molar-refractivity contribution < 1.29 is 9.53 Å². The molecule has 0 saturated carbocycles. The molecular formula is C20H20ClN5O2. The van der Waals surface area contributed by atoms with E-state index in [1.807, 2.05) is 30.3 Å². The number of hydrogen-bond acceptors (Lipinski definition) is 5. The third-order valence-corrected chi connectivity index (χ3v) is 4.80. The Kier molecular flexibility index (Phi) is 5.55. The Hall–Kier alpha value is -2.90. The van der Waals surface area contributed by atoms with Gasteiger partial charge in [-0.25, -0.2) is 4.98 Å². The average molecular weight is 398 g/mol. The van der Waals surface area contributed by atoms with Gasteiger partial charge in [-0.3, -0.25) is 9.89 Å². The summed E-state index contributed by atoms with van der Waals surface area (Å²) < 4.78 is 5.40. The number of benzene rings is 1. The van der Waals surface area contributed by atoms with E-state index < -0.39 is 0 Å². The molecule has 0 spiro atoms. The maximum Gasteiger partial charge on any atom is 0.269 e. The number of pyridine rings is 1. The average Bonchev–Trinajstić information content (AvgIpc) is 3.23. The van der Waals surface area contributed by atoms with Crippen LogP contribution in [0.25, 0.3) is 11.3 Å². The molecule has 2 aromatic heterocycles. The summed E-state index contributed by atoms with van der Waals surface area (Å²) in [6.07, 6.45) is 1.77. The third kappa shape index (κ3) is 4.16. The van der Waals surface area contributed by atoms with Crippen molar-refractivity contribution in [1.82, 2.24) is 20.5 Å². The van der Waals surface area contributed by atoms with Crippen molar-refractivity contribution >= 4 is 23.3 Å². The van der Waals surface area contributed by atoms with Crippen molar-refractivity contribution in [1.29, 1.82) is 0 Å². The molecule has 7 nitrogen and oxygen atoms in total. The van der Waals surface area contributed by atoms with Gasteiger partial charge in [0, 0.05) is 42.0 Å². The molecule has 0 bridgehead atoms. The van der Waals surface area contributed by atoms with E-state index in [2.05, 4.69) is 25.4 Å². The summed E-state index contributed by atoms with van der Waals surface area (Å²) in [4.78, 5) is 19.2. The van der Waals surface area contributed by atoms with E-state index in [0.717, 1.165) is 30.0 Å². The second-order valence-electron chi connectivity index (χ2n) is 6.45. The number of morpholine rings is 1. The van der Waals surface area contributed by atoms with Crippen LogP contribution in [0.1, 0.15) is 16.1 Å². The van der Waals surface area contributed by atoms with Crippen LogP contribution in [0.3, 0.4) is 0 Å². The lowest BCUT2D eigenvalue weighted by atomic mass is 10.1. The molecule has 0 radical (unpaired) electrons. The second kappa shape index (κ2) is 8.41. The fourth-order valence-electron chi connectivity index (χ4n) is 3.13. The molecule has 0 atom stereocenters. The molecule has 1 aliphatic rings. The Bertz CT molecular complexity index is 968. The normalized spacial score (nSPS) is 14.1. The van der Waals surface area contributed by atoms with Crippen LogP contribution in [0, 0.1) is 0 Å². The van der Waals surface area contributed by atoms with Crippen molar-refractivity contribution in [2.45, 2.75) is 6.54 Å². The number of nitrogens with one attached hydrogen (secondary N) is 2. The van der Waals surface area contributed by atoms with Gasteiger partial charge in [-0.05, 0) is 24.3 Å². The van der Waals surface area contributed by atoms with Crippen LogP contribution in [-0.2, 0) is 11.3 Å². The number of nitrogens with zero attached hydrogens (tertiary/aromatic N) is 3. The number of anilines is 1. The smallest absolute Gasteiger partial charge is 0.269 e. The molecule has 3 heterocycles. The molecule has 3 aromatic rings. The number of carbonyl (C=O) groups excluding carboxylic acids is 1. The van der Waals surface area contributed by atoms with Crippen LogP contribution < -0.4 is 10.2 Å². The molecular weight excluding hydrogens is 378 g/mol. The van der Waals surface area contributed by atoms with Gasteiger partial charge in [0.15, 0.2) is 0 Å². The van der Waals surface area contributed by atoms with Crippen molar-refractivity contribution in [3.8, 4) is 11.3 Å². The van der Waals surface area contributed by atoms with Crippen molar-refractivity contribution in [2.24, 2.45) is 0 Å². The first-order valence-corrected chi connectivity index (χ1v) is 9.44. The molecule has 0 aliphatic carbocycles. The number of carbonyl (C=O) groups is 1. The van der Waals surface area contributed by atoms with Gasteiger partial charge >= 0.3 is 0 Å². The third-order valence-electron chi connectivity index (χ3n) is 4.56. The molecule has 28 heavy (non-hydrogen) atoms. The van der Waals surface area contributed by atoms with Gasteiger partial charge < -0.3 is 15.0 Å². The van der Waals surface area contributed by atoms with E-state index in [-0.39, 0.29) is 5.91 Å². The van der Waals surface area contributed by atoms with Gasteiger partial charge in [0.2, 0.25) is 0 Å². The minimum atomic E-state index is -0.224. The van der Waals surface area contributed by atoms with E-state index in [4.69, 9.17) is 16.3 Å². The van der Waals surface area contributed by atoms with E-state index in [0.29, 0.717) is 36.2 Å². The molecule has 8 heteroatoms. The zero-order chi connectivity index (χ0) is 19.3. The summed E-state index contributed by atoms with van der Waals surface area (Å²) in [6.45, 7) is 3.33. The number of hydrogen-bond donors (Lipinski definition) is 2. The number of H-pyrrole nitrogens is 1. The fraction of sp³-hybridized carbons (Fsp3) is 0.250. The van der Waals surface area contributed by atoms with Gasteiger partial charge in [0.1, 0.15) is 11.5 Å². The molecule has 1 fully saturated rings. The summed E-state index contributed by atoms with van der Waals surface area (Å²) in [5, 5.41) is 10.6. The summed E-state index contributed by atoms with van der Waals surface area (Å²) in [5.74, 6) is 0.660. The first-order chi connectivity index (χ1) is 13.7. The second-order valence-corrected chi connectivity index (χ2v) is 6.88. The molecule has 1 amide bonds. The van der Waals surface area contributed by atoms with Crippen molar-refractivity contribution in [3.63, 3.8) is 0 Å². The van der Waals surface area contributed by atoms with Gasteiger partial charge in [0.25, 0.3) is 5.91 Å². The number of aromatic nitrogens is 3. The van der Waals surface area contributed by atoms with Gasteiger partial charge in [-0.15, -0.1) is 0 Å². The standard InChI is InChI=1S/C20H20ClN5O2/c21-16-5-1-3-14(11-16)17-12-18(25-24-17)20(27)23-13-15-4-2-6-22-19(15)26-7-9-28-10-8-26/h1-6,11-12H,7-10,13H2,(H,23,27)(H,24,25). The SMILES string of the molecule is O=C(NCc1cccnc1N1CCOCC1)c1cc(-c2cccc(Cl)c2)n[nH]1. The van der Waals surface area contributed by atoms with Crippen LogP contribution in [0.2, 0.25) is 5.02 Å². The number of halogens is 1. The van der Waals surface area contributed by atoms with E-state index in [9.17, 15) is 4.79 Å². The highest BCUT2D eigenvalue weighted by Crippen LogP contribution is 2.22. The largest absolute Gasteiger partial charge is 0.378 e. The molecule has 1 aliphatic heterocycles. The minimum Gasteiger partial charge on any atom is -0.378 e. The Morgan fingerprint density at radius 3 is 2.89 bits per heavy atom. The van der Waals surface area contributed by atoms with Crippen LogP contribution in [0.15, 0.2) is 48.7 Å². The molecule has 2 N–H and O–H groups in total. The minimum absolute atomic E-state index is 0.224. The Morgan fingerprint density at radius 2 is 2.07 bits per heavy atom. The quantitative estimate of drug-likeness (QED) is 0.691. The highest BCUT2D eigenvalue weighted by Gasteiger charge is 2.17. The predicted octanol–water partition coefficient (Wildman–Crippen LogP) is 2.89. The van der Waals surface area contributed by atoms with E-state index in [1.165, 1.54) is 0 Å². The molecule has 1 saturated heterocycles. The Balaban J connectivity index is 1.44. The lowest BCUT2D eigenvalue weighted by Crippen LogP contribution is -2.37. The molecule has 1 aromatic carbocycles. The molecule has 144 valence electrons. The summed E-state index contributed by atoms with van der Waals surface area (Å²) in [7, 11) is 0. The van der Waals surface area contributed by atoms with Crippen LogP contribution in [0.4, 0.5) is 5.82 Å². The number of rotatable bonds is 5. The topological polar surface area (TPSA) is 83.1 Å². The lowest BCUT2D eigenvalue weighted by molar-refractivity contribution is 0.0945. The van der Waals surface area contributed by atoms with Gasteiger partial charge in [0.05, 0.1) is 18.9 Å². The summed E-state index contributed by atoms with van der Waals surface area (Å²) in [6, 6.07) is 12.9. The highest BCUT2D eigenvalue weighted by atomic mass is 35.5. The van der Waals surface area contributed by atoms with Gasteiger partial charge in [-0.2, -0.15) is 5.10 Å². The van der Waals surface area contributed by atoms with Crippen LogP contribution in [-0.4, -0.2) is 47.4 Å². The highest BCUT2D eigenvalue weighted by molar-refractivity contribution is 6.30. The maximum atomic E-state index is 12.6. The zero-order valence-corrected chi connectivity index (χ0v) is 15.9. The fourth-order valence-corrected chi connectivity index (χ4v) is 3.32. The first kappa shape index (κ1) is 18.5. The monoisotopic (exact) mass is 397 g/mol. The van der Waals surface area contributed by atoms with E-state index >= 15 is 0 Å². The summed E-state index contributed by atoms with van der Waals surface area (Å²) in [5.41, 5.74) is 2.88. The predicted molar refractivity (Wildman–Crippen MR) is 107 cm³/mol.